The Kier molecular flexibility index (Phi) is 5.16. The van der Waals surface area contributed by atoms with E-state index >= 15 is 0 Å². The summed E-state index contributed by atoms with van der Waals surface area (Å²) in [7, 11) is 1.83. The van der Waals surface area contributed by atoms with Crippen LogP contribution >= 0.6 is 0 Å². The van der Waals surface area contributed by atoms with Gasteiger partial charge in [-0.1, -0.05) is 42.5 Å². The lowest BCUT2D eigenvalue weighted by Gasteiger charge is -2.19. The molecule has 1 aliphatic heterocycles. The van der Waals surface area contributed by atoms with Crippen LogP contribution in [0.3, 0.4) is 0 Å². The molecule has 0 saturated carbocycles. The Labute approximate surface area is 159 Å². The van der Waals surface area contributed by atoms with Crippen molar-refractivity contribution in [1.29, 1.82) is 0 Å². The molecule has 0 atom stereocenters. The SMILES string of the molecule is Cn1nc(C2CCNCC2)nc1NC(=O)CCc1ccc2ccccc2c1. The van der Waals surface area contributed by atoms with Crippen LogP contribution in [-0.4, -0.2) is 33.8 Å². The topological polar surface area (TPSA) is 71.8 Å². The highest BCUT2D eigenvalue weighted by atomic mass is 16.1. The van der Waals surface area contributed by atoms with Crippen molar-refractivity contribution in [2.45, 2.75) is 31.6 Å². The number of amides is 1. The molecule has 6 nitrogen and oxygen atoms in total. The first-order valence-electron chi connectivity index (χ1n) is 9.58. The van der Waals surface area contributed by atoms with Crippen molar-refractivity contribution in [3.8, 4) is 0 Å². The number of nitrogens with one attached hydrogen (secondary N) is 2. The molecule has 1 aliphatic rings. The molecular formula is C21H25N5O. The molecule has 1 amide bonds. The van der Waals surface area contributed by atoms with E-state index in [0.717, 1.165) is 37.3 Å². The highest BCUT2D eigenvalue weighted by Gasteiger charge is 2.21. The highest BCUT2D eigenvalue weighted by Crippen LogP contribution is 2.23. The average molecular weight is 363 g/mol. The Morgan fingerprint density at radius 1 is 1.19 bits per heavy atom. The van der Waals surface area contributed by atoms with Crippen LogP contribution < -0.4 is 10.6 Å². The first kappa shape index (κ1) is 17.7. The zero-order chi connectivity index (χ0) is 18.6. The number of fused-ring (bicyclic) bond motifs is 1. The Morgan fingerprint density at radius 2 is 1.96 bits per heavy atom. The summed E-state index contributed by atoms with van der Waals surface area (Å²) in [6, 6.07) is 14.6. The molecule has 3 aromatic rings. The van der Waals surface area contributed by atoms with Crippen LogP contribution in [0.1, 0.15) is 36.6 Å². The lowest BCUT2D eigenvalue weighted by atomic mass is 9.98. The van der Waals surface area contributed by atoms with Gasteiger partial charge in [-0.25, -0.2) is 4.68 Å². The Morgan fingerprint density at radius 3 is 2.78 bits per heavy atom. The summed E-state index contributed by atoms with van der Waals surface area (Å²) < 4.78 is 1.67. The average Bonchev–Trinajstić information content (AvgIpc) is 3.07. The van der Waals surface area contributed by atoms with E-state index in [4.69, 9.17) is 0 Å². The fraction of sp³-hybridized carbons (Fsp3) is 0.381. The standard InChI is InChI=1S/C21H25N5O/c1-26-21(24-20(25-26)17-10-12-22-13-11-17)23-19(27)9-7-15-6-8-16-4-2-3-5-18(16)14-15/h2-6,8,14,17,22H,7,9-13H2,1H3,(H,23,24,25,27). The smallest absolute Gasteiger partial charge is 0.227 e. The van der Waals surface area contributed by atoms with Gasteiger partial charge in [-0.3, -0.25) is 10.1 Å². The van der Waals surface area contributed by atoms with Crippen LogP contribution in [0.5, 0.6) is 0 Å². The van der Waals surface area contributed by atoms with Crippen molar-refractivity contribution in [3.63, 3.8) is 0 Å². The molecule has 2 aromatic carbocycles. The van der Waals surface area contributed by atoms with E-state index in [1.54, 1.807) is 4.68 Å². The summed E-state index contributed by atoms with van der Waals surface area (Å²) >= 11 is 0. The largest absolute Gasteiger partial charge is 0.317 e. The Balaban J connectivity index is 1.36. The van der Waals surface area contributed by atoms with Gasteiger partial charge >= 0.3 is 0 Å². The van der Waals surface area contributed by atoms with Crippen molar-refractivity contribution < 1.29 is 4.79 Å². The lowest BCUT2D eigenvalue weighted by Crippen LogP contribution is -2.27. The van der Waals surface area contributed by atoms with Crippen LogP contribution in [0.2, 0.25) is 0 Å². The molecule has 27 heavy (non-hydrogen) atoms. The number of piperidine rings is 1. The normalized spacial score (nSPS) is 15.1. The first-order chi connectivity index (χ1) is 13.2. The van der Waals surface area contributed by atoms with E-state index in [0.29, 0.717) is 24.7 Å². The van der Waals surface area contributed by atoms with E-state index in [1.165, 1.54) is 10.8 Å². The summed E-state index contributed by atoms with van der Waals surface area (Å²) in [5.41, 5.74) is 1.16. The molecule has 0 unspecified atom stereocenters. The minimum absolute atomic E-state index is 0.0319. The van der Waals surface area contributed by atoms with Crippen LogP contribution in [0, 0.1) is 0 Å². The van der Waals surface area contributed by atoms with Crippen LogP contribution in [-0.2, 0) is 18.3 Å². The van der Waals surface area contributed by atoms with Crippen LogP contribution in [0.4, 0.5) is 5.95 Å². The Hall–Kier alpha value is -2.73. The summed E-state index contributed by atoms with van der Waals surface area (Å²) in [6.07, 6.45) is 3.21. The fourth-order valence-corrected chi connectivity index (χ4v) is 3.61. The van der Waals surface area contributed by atoms with Gasteiger partial charge in [0.2, 0.25) is 11.9 Å². The maximum Gasteiger partial charge on any atom is 0.227 e. The van der Waals surface area contributed by atoms with E-state index < -0.39 is 0 Å². The van der Waals surface area contributed by atoms with Gasteiger partial charge < -0.3 is 5.32 Å². The third-order valence-electron chi connectivity index (χ3n) is 5.19. The zero-order valence-corrected chi connectivity index (χ0v) is 15.6. The fourth-order valence-electron chi connectivity index (χ4n) is 3.61. The van der Waals surface area contributed by atoms with E-state index in [-0.39, 0.29) is 5.91 Å². The van der Waals surface area contributed by atoms with Gasteiger partial charge in [0, 0.05) is 19.4 Å². The third-order valence-corrected chi connectivity index (χ3v) is 5.19. The van der Waals surface area contributed by atoms with Crippen LogP contribution in [0.15, 0.2) is 42.5 Å². The van der Waals surface area contributed by atoms with Gasteiger partial charge in [0.15, 0.2) is 5.82 Å². The van der Waals surface area contributed by atoms with Gasteiger partial charge in [0.25, 0.3) is 0 Å². The monoisotopic (exact) mass is 363 g/mol. The number of aromatic nitrogens is 3. The molecule has 0 radical (unpaired) electrons. The Bertz CT molecular complexity index is 943. The predicted octanol–water partition coefficient (Wildman–Crippen LogP) is 3.01. The molecule has 1 fully saturated rings. The van der Waals surface area contributed by atoms with Crippen LogP contribution in [0.25, 0.3) is 10.8 Å². The molecule has 140 valence electrons. The van der Waals surface area contributed by atoms with Crippen molar-refractivity contribution in [2.75, 3.05) is 18.4 Å². The summed E-state index contributed by atoms with van der Waals surface area (Å²) in [4.78, 5) is 16.9. The summed E-state index contributed by atoms with van der Waals surface area (Å²) in [6.45, 7) is 1.99. The number of hydrogen-bond acceptors (Lipinski definition) is 4. The molecule has 1 saturated heterocycles. The van der Waals surface area contributed by atoms with Gasteiger partial charge in [-0.05, 0) is 48.7 Å². The number of nitrogens with zero attached hydrogens (tertiary/aromatic N) is 3. The number of rotatable bonds is 5. The molecule has 0 aliphatic carbocycles. The minimum atomic E-state index is -0.0319. The molecule has 4 rings (SSSR count). The maximum absolute atomic E-state index is 12.4. The van der Waals surface area contributed by atoms with Gasteiger partial charge in [0.05, 0.1) is 0 Å². The van der Waals surface area contributed by atoms with Gasteiger partial charge in [0.1, 0.15) is 0 Å². The lowest BCUT2D eigenvalue weighted by molar-refractivity contribution is -0.116. The second-order valence-electron chi connectivity index (χ2n) is 7.17. The van der Waals surface area contributed by atoms with Crippen molar-refractivity contribution in [2.24, 2.45) is 7.05 Å². The maximum atomic E-state index is 12.4. The first-order valence-corrected chi connectivity index (χ1v) is 9.58. The van der Waals surface area contributed by atoms with Crippen molar-refractivity contribution in [3.05, 3.63) is 53.9 Å². The second-order valence-corrected chi connectivity index (χ2v) is 7.17. The van der Waals surface area contributed by atoms with Crippen molar-refractivity contribution >= 4 is 22.6 Å². The summed E-state index contributed by atoms with van der Waals surface area (Å²) in [5.74, 6) is 1.71. The minimum Gasteiger partial charge on any atom is -0.317 e. The van der Waals surface area contributed by atoms with E-state index in [2.05, 4.69) is 51.0 Å². The zero-order valence-electron chi connectivity index (χ0n) is 15.6. The molecule has 6 heteroatoms. The van der Waals surface area contributed by atoms with Gasteiger partial charge in [-0.15, -0.1) is 0 Å². The molecule has 2 heterocycles. The highest BCUT2D eigenvalue weighted by molar-refractivity contribution is 5.89. The number of aryl methyl sites for hydroxylation is 2. The molecule has 2 N–H and O–H groups in total. The predicted molar refractivity (Wildman–Crippen MR) is 107 cm³/mol. The second kappa shape index (κ2) is 7.88. The molecule has 0 spiro atoms. The quantitative estimate of drug-likeness (QED) is 0.731. The number of carbonyl (C=O) groups is 1. The van der Waals surface area contributed by atoms with Gasteiger partial charge in [-0.2, -0.15) is 10.1 Å². The number of carbonyl (C=O) groups excluding carboxylic acids is 1. The summed E-state index contributed by atoms with van der Waals surface area (Å²) in [5, 5.41) is 13.2. The van der Waals surface area contributed by atoms with Crippen molar-refractivity contribution in [1.82, 2.24) is 20.1 Å². The third kappa shape index (κ3) is 4.17. The van der Waals surface area contributed by atoms with E-state index in [1.807, 2.05) is 19.2 Å². The number of hydrogen-bond donors (Lipinski definition) is 2. The van der Waals surface area contributed by atoms with E-state index in [9.17, 15) is 4.79 Å². The molecular weight excluding hydrogens is 338 g/mol. The number of benzene rings is 2. The molecule has 0 bridgehead atoms. The number of anilines is 1. The molecule has 1 aromatic heterocycles.